The highest BCUT2D eigenvalue weighted by Gasteiger charge is 2.51. The molecule has 0 radical (unpaired) electrons. The molecule has 0 spiro atoms. The number of nitrogens with one attached hydrogen (secondary N) is 1. The first kappa shape index (κ1) is 18.5. The van der Waals surface area contributed by atoms with Crippen molar-refractivity contribution in [3.8, 4) is 0 Å². The van der Waals surface area contributed by atoms with Crippen molar-refractivity contribution < 1.29 is 0 Å². The number of pyridine rings is 1. The van der Waals surface area contributed by atoms with Crippen LogP contribution in [0.25, 0.3) is 5.65 Å². The quantitative estimate of drug-likeness (QED) is 0.496. The van der Waals surface area contributed by atoms with E-state index in [1.165, 1.54) is 88.6 Å². The molecule has 0 atom stereocenters. The molecule has 4 saturated carbocycles. The standard InChI is InChI=1S/C25H37N3/c1-2-3-4-5-6-7-10-22-24(28-12-9-8-11-23(28)26-22)27-25-16-19-13-20(17-25)15-21(14-19)18-25/h8-9,11-12,19-21,27H,2-7,10,13-18H2,1H3. The van der Waals surface area contributed by atoms with Crippen molar-refractivity contribution in [2.24, 2.45) is 17.8 Å². The van der Waals surface area contributed by atoms with E-state index < -0.39 is 0 Å². The zero-order chi connectivity index (χ0) is 19.0. The summed E-state index contributed by atoms with van der Waals surface area (Å²) < 4.78 is 2.32. The second kappa shape index (κ2) is 7.72. The normalized spacial score (nSPS) is 31.0. The van der Waals surface area contributed by atoms with Gasteiger partial charge in [0, 0.05) is 11.7 Å². The smallest absolute Gasteiger partial charge is 0.138 e. The van der Waals surface area contributed by atoms with E-state index in [9.17, 15) is 0 Å². The summed E-state index contributed by atoms with van der Waals surface area (Å²) in [7, 11) is 0. The minimum atomic E-state index is 0.344. The predicted octanol–water partition coefficient (Wildman–Crippen LogP) is 6.62. The molecular formula is C25H37N3. The molecule has 0 amide bonds. The average Bonchev–Trinajstić information content (AvgIpc) is 3.00. The third-order valence-corrected chi connectivity index (χ3v) is 7.79. The Hall–Kier alpha value is -1.51. The molecule has 28 heavy (non-hydrogen) atoms. The minimum Gasteiger partial charge on any atom is -0.364 e. The number of hydrogen-bond acceptors (Lipinski definition) is 2. The van der Waals surface area contributed by atoms with Gasteiger partial charge in [-0.2, -0.15) is 0 Å². The lowest BCUT2D eigenvalue weighted by Gasteiger charge is -2.57. The molecule has 0 saturated heterocycles. The average molecular weight is 380 g/mol. The van der Waals surface area contributed by atoms with Crippen molar-refractivity contribution >= 4 is 11.5 Å². The van der Waals surface area contributed by atoms with Gasteiger partial charge >= 0.3 is 0 Å². The Balaban J connectivity index is 1.34. The van der Waals surface area contributed by atoms with Gasteiger partial charge in [-0.15, -0.1) is 0 Å². The zero-order valence-electron chi connectivity index (χ0n) is 17.6. The molecule has 4 aliphatic rings. The number of anilines is 1. The molecule has 6 rings (SSSR count). The third kappa shape index (κ3) is 3.57. The van der Waals surface area contributed by atoms with Crippen molar-refractivity contribution in [1.82, 2.24) is 9.38 Å². The highest BCUT2D eigenvalue weighted by Crippen LogP contribution is 2.56. The highest BCUT2D eigenvalue weighted by molar-refractivity contribution is 5.56. The molecule has 3 nitrogen and oxygen atoms in total. The molecule has 2 aromatic rings. The van der Waals surface area contributed by atoms with Crippen LogP contribution in [0.4, 0.5) is 5.82 Å². The van der Waals surface area contributed by atoms with Crippen molar-refractivity contribution in [2.45, 2.75) is 95.9 Å². The molecule has 2 aromatic heterocycles. The van der Waals surface area contributed by atoms with Crippen molar-refractivity contribution in [3.63, 3.8) is 0 Å². The van der Waals surface area contributed by atoms with Gasteiger partial charge in [-0.1, -0.05) is 45.1 Å². The van der Waals surface area contributed by atoms with Crippen LogP contribution in [0.1, 0.15) is 89.7 Å². The second-order valence-electron chi connectivity index (χ2n) is 10.2. The zero-order valence-corrected chi connectivity index (χ0v) is 17.6. The lowest BCUT2D eigenvalue weighted by Crippen LogP contribution is -2.55. The number of rotatable bonds is 9. The Morgan fingerprint density at radius 3 is 2.36 bits per heavy atom. The monoisotopic (exact) mass is 379 g/mol. The fourth-order valence-electron chi connectivity index (χ4n) is 6.94. The molecule has 0 unspecified atom stereocenters. The van der Waals surface area contributed by atoms with Crippen LogP contribution >= 0.6 is 0 Å². The molecule has 0 aromatic carbocycles. The number of imidazole rings is 1. The molecule has 2 heterocycles. The summed E-state index contributed by atoms with van der Waals surface area (Å²) in [5, 5.41) is 4.14. The van der Waals surface area contributed by atoms with Gasteiger partial charge in [0.1, 0.15) is 11.5 Å². The van der Waals surface area contributed by atoms with E-state index in [0.29, 0.717) is 5.54 Å². The number of nitrogens with zero attached hydrogens (tertiary/aromatic N) is 2. The van der Waals surface area contributed by atoms with E-state index in [1.54, 1.807) is 0 Å². The van der Waals surface area contributed by atoms with Crippen LogP contribution in [0, 0.1) is 17.8 Å². The van der Waals surface area contributed by atoms with Crippen LogP contribution < -0.4 is 5.32 Å². The van der Waals surface area contributed by atoms with E-state index in [2.05, 4.69) is 41.0 Å². The van der Waals surface area contributed by atoms with E-state index in [4.69, 9.17) is 4.98 Å². The van der Waals surface area contributed by atoms with Crippen LogP contribution in [-0.2, 0) is 6.42 Å². The molecule has 4 fully saturated rings. The van der Waals surface area contributed by atoms with Gasteiger partial charge in [0.05, 0.1) is 5.69 Å². The van der Waals surface area contributed by atoms with Crippen LogP contribution in [0.3, 0.4) is 0 Å². The van der Waals surface area contributed by atoms with Crippen molar-refractivity contribution in [1.29, 1.82) is 0 Å². The minimum absolute atomic E-state index is 0.344. The Morgan fingerprint density at radius 1 is 0.964 bits per heavy atom. The maximum absolute atomic E-state index is 5.05. The summed E-state index contributed by atoms with van der Waals surface area (Å²) in [4.78, 5) is 5.05. The van der Waals surface area contributed by atoms with E-state index in [-0.39, 0.29) is 0 Å². The van der Waals surface area contributed by atoms with Crippen LogP contribution in [0.2, 0.25) is 0 Å². The summed E-state index contributed by atoms with van der Waals surface area (Å²) >= 11 is 0. The summed E-state index contributed by atoms with van der Waals surface area (Å²) in [6.45, 7) is 2.29. The van der Waals surface area contributed by atoms with Gasteiger partial charge in [0.15, 0.2) is 0 Å². The topological polar surface area (TPSA) is 29.3 Å². The Morgan fingerprint density at radius 2 is 1.64 bits per heavy atom. The van der Waals surface area contributed by atoms with E-state index in [1.807, 2.05) is 0 Å². The Bertz CT molecular complexity index is 770. The summed E-state index contributed by atoms with van der Waals surface area (Å²) in [6, 6.07) is 6.43. The summed E-state index contributed by atoms with van der Waals surface area (Å²) in [6.07, 6.45) is 20.0. The molecular weight excluding hydrogens is 342 g/mol. The summed E-state index contributed by atoms with van der Waals surface area (Å²) in [5.74, 6) is 4.23. The third-order valence-electron chi connectivity index (χ3n) is 7.79. The van der Waals surface area contributed by atoms with Gasteiger partial charge in [-0.3, -0.25) is 4.40 Å². The van der Waals surface area contributed by atoms with Gasteiger partial charge in [0.25, 0.3) is 0 Å². The van der Waals surface area contributed by atoms with E-state index >= 15 is 0 Å². The summed E-state index contributed by atoms with van der Waals surface area (Å²) in [5.41, 5.74) is 2.75. The van der Waals surface area contributed by atoms with Crippen LogP contribution in [0.5, 0.6) is 0 Å². The number of hydrogen-bond donors (Lipinski definition) is 1. The lowest BCUT2D eigenvalue weighted by molar-refractivity contribution is 0.0105. The molecule has 4 bridgehead atoms. The Labute approximate surface area is 170 Å². The number of fused-ring (bicyclic) bond motifs is 1. The molecule has 0 aliphatic heterocycles. The molecule has 3 heteroatoms. The maximum atomic E-state index is 5.05. The van der Waals surface area contributed by atoms with E-state index in [0.717, 1.165) is 29.8 Å². The number of aromatic nitrogens is 2. The highest BCUT2D eigenvalue weighted by atomic mass is 15.2. The van der Waals surface area contributed by atoms with Gasteiger partial charge < -0.3 is 5.32 Å². The predicted molar refractivity (Wildman–Crippen MR) is 117 cm³/mol. The lowest BCUT2D eigenvalue weighted by atomic mass is 9.53. The SMILES string of the molecule is CCCCCCCCc1nc2ccccn2c1NC12CC3CC(CC(C3)C1)C2. The molecule has 4 aliphatic carbocycles. The Kier molecular flexibility index (Phi) is 5.11. The first-order valence-electron chi connectivity index (χ1n) is 12.0. The fraction of sp³-hybridized carbons (Fsp3) is 0.720. The van der Waals surface area contributed by atoms with Crippen molar-refractivity contribution in [3.05, 3.63) is 30.1 Å². The fourth-order valence-corrected chi connectivity index (χ4v) is 6.94. The largest absolute Gasteiger partial charge is 0.364 e. The first-order chi connectivity index (χ1) is 13.7. The van der Waals surface area contributed by atoms with Crippen LogP contribution in [-0.4, -0.2) is 14.9 Å². The molecule has 152 valence electrons. The number of aryl methyl sites for hydroxylation is 1. The first-order valence-corrected chi connectivity index (χ1v) is 12.0. The van der Waals surface area contributed by atoms with Gasteiger partial charge in [0.2, 0.25) is 0 Å². The number of unbranched alkanes of at least 4 members (excludes halogenated alkanes) is 5. The van der Waals surface area contributed by atoms with Gasteiger partial charge in [-0.05, 0) is 81.3 Å². The van der Waals surface area contributed by atoms with Crippen LogP contribution in [0.15, 0.2) is 24.4 Å². The molecule has 1 N–H and O–H groups in total. The van der Waals surface area contributed by atoms with Gasteiger partial charge in [-0.25, -0.2) is 4.98 Å². The maximum Gasteiger partial charge on any atom is 0.138 e. The van der Waals surface area contributed by atoms with Crippen molar-refractivity contribution in [2.75, 3.05) is 5.32 Å². The second-order valence-corrected chi connectivity index (χ2v) is 10.2.